The number of carbonyl (C=O) groups is 1. The van der Waals surface area contributed by atoms with Gasteiger partial charge in [0.2, 0.25) is 0 Å². The van der Waals surface area contributed by atoms with Gasteiger partial charge in [-0.3, -0.25) is 4.79 Å². The van der Waals surface area contributed by atoms with E-state index in [2.05, 4.69) is 42.7 Å². The molecular formula is C23H17ClI2N4O2S. The Morgan fingerprint density at radius 1 is 1.18 bits per heavy atom. The van der Waals surface area contributed by atoms with Crippen LogP contribution in [0.25, 0.3) is 11.0 Å². The SMILES string of the molecule is O=C(CSc1[nH]c2ccccc2[n+]1Cc1ccc(Cl)cc1)NN=Cc1cc(I)cc(I)c1[O-]. The number of nitrogens with one attached hydrogen (secondary N) is 2. The second-order valence-corrected chi connectivity index (χ2v) is 10.9. The lowest BCUT2D eigenvalue weighted by Gasteiger charge is -2.13. The van der Waals surface area contributed by atoms with Gasteiger partial charge in [0.25, 0.3) is 5.91 Å². The van der Waals surface area contributed by atoms with Gasteiger partial charge in [0.15, 0.2) is 11.0 Å². The number of para-hydroxylation sites is 2. The quantitative estimate of drug-likeness (QED) is 0.0966. The fourth-order valence-electron chi connectivity index (χ4n) is 3.17. The molecule has 0 radical (unpaired) electrons. The van der Waals surface area contributed by atoms with Gasteiger partial charge in [-0.25, -0.2) is 15.0 Å². The molecule has 3 aromatic carbocycles. The number of amides is 1. The number of carbonyl (C=O) groups excluding carboxylic acids is 1. The molecule has 1 heterocycles. The van der Waals surface area contributed by atoms with Gasteiger partial charge in [0.1, 0.15) is 6.54 Å². The van der Waals surface area contributed by atoms with E-state index in [-0.39, 0.29) is 17.4 Å². The summed E-state index contributed by atoms with van der Waals surface area (Å²) in [6.45, 7) is 0.640. The largest absolute Gasteiger partial charge is 0.871 e. The molecule has 1 aromatic heterocycles. The average molecular weight is 703 g/mol. The Hall–Kier alpha value is -1.83. The van der Waals surface area contributed by atoms with E-state index >= 15 is 0 Å². The highest BCUT2D eigenvalue weighted by atomic mass is 127. The molecule has 0 spiro atoms. The van der Waals surface area contributed by atoms with Crippen LogP contribution in [0.15, 0.2) is 70.9 Å². The number of aromatic amines is 1. The second-order valence-electron chi connectivity index (χ2n) is 7.05. The molecular weight excluding hydrogens is 686 g/mol. The molecule has 33 heavy (non-hydrogen) atoms. The summed E-state index contributed by atoms with van der Waals surface area (Å²) >= 11 is 11.5. The number of halogens is 3. The van der Waals surface area contributed by atoms with E-state index in [0.29, 0.717) is 20.7 Å². The first-order valence-corrected chi connectivity index (χ1v) is 13.3. The smallest absolute Gasteiger partial charge is 0.317 e. The van der Waals surface area contributed by atoms with Crippen LogP contribution in [0, 0.1) is 7.14 Å². The van der Waals surface area contributed by atoms with Gasteiger partial charge in [-0.2, -0.15) is 5.10 Å². The van der Waals surface area contributed by atoms with Gasteiger partial charge in [0.05, 0.1) is 12.0 Å². The molecule has 0 saturated carbocycles. The van der Waals surface area contributed by atoms with Crippen molar-refractivity contribution in [2.45, 2.75) is 11.7 Å². The Labute approximate surface area is 227 Å². The summed E-state index contributed by atoms with van der Waals surface area (Å²) < 4.78 is 3.69. The molecule has 0 aliphatic carbocycles. The van der Waals surface area contributed by atoms with Gasteiger partial charge in [-0.05, 0) is 104 Å². The van der Waals surface area contributed by atoms with Crippen molar-refractivity contribution in [3.05, 3.63) is 84.0 Å². The van der Waals surface area contributed by atoms with Crippen LogP contribution in [0.5, 0.6) is 5.75 Å². The Balaban J connectivity index is 1.45. The van der Waals surface area contributed by atoms with Crippen LogP contribution in [0.1, 0.15) is 11.1 Å². The van der Waals surface area contributed by atoms with E-state index in [1.54, 1.807) is 12.1 Å². The molecule has 6 nitrogen and oxygen atoms in total. The first kappa shape index (κ1) is 24.3. The zero-order chi connectivity index (χ0) is 23.4. The van der Waals surface area contributed by atoms with Gasteiger partial charge in [-0.15, -0.1) is 0 Å². The lowest BCUT2D eigenvalue weighted by atomic mass is 10.2. The van der Waals surface area contributed by atoms with E-state index in [4.69, 9.17) is 11.6 Å². The summed E-state index contributed by atoms with van der Waals surface area (Å²) in [5.41, 5.74) is 6.08. The highest BCUT2D eigenvalue weighted by molar-refractivity contribution is 14.1. The van der Waals surface area contributed by atoms with Gasteiger partial charge in [-0.1, -0.05) is 41.6 Å². The standard InChI is InChI=1S/C23H17ClI2N4O2S/c24-16-7-5-14(6-8-16)12-30-20-4-2-1-3-19(20)28-23(30)33-13-21(31)29-27-11-15-9-17(25)10-18(26)22(15)32/h1-11H,12-13H2,(H2,27,29,31,32). The number of nitrogens with zero attached hydrogens (tertiary/aromatic N) is 2. The third kappa shape index (κ3) is 6.19. The number of hydrazone groups is 1. The molecule has 4 rings (SSSR count). The number of imidazole rings is 1. The number of thioether (sulfide) groups is 1. The number of hydrogen-bond acceptors (Lipinski definition) is 4. The minimum absolute atomic E-state index is 0.107. The maximum Gasteiger partial charge on any atom is 0.317 e. The minimum atomic E-state index is -0.263. The zero-order valence-corrected chi connectivity index (χ0v) is 22.9. The van der Waals surface area contributed by atoms with Crippen molar-refractivity contribution < 1.29 is 14.5 Å². The maximum absolute atomic E-state index is 12.4. The van der Waals surface area contributed by atoms with E-state index in [9.17, 15) is 9.90 Å². The third-order valence-corrected chi connectivity index (χ3v) is 7.38. The summed E-state index contributed by atoms with van der Waals surface area (Å²) in [6, 6.07) is 19.3. The number of H-pyrrole nitrogens is 1. The molecule has 10 heteroatoms. The molecule has 168 valence electrons. The first-order valence-electron chi connectivity index (χ1n) is 9.76. The summed E-state index contributed by atoms with van der Waals surface area (Å²) in [5, 5.41) is 17.7. The maximum atomic E-state index is 12.4. The third-order valence-electron chi connectivity index (χ3n) is 4.71. The minimum Gasteiger partial charge on any atom is -0.871 e. The summed E-state index contributed by atoms with van der Waals surface area (Å²) in [5.74, 6) is -0.204. The van der Waals surface area contributed by atoms with Crippen LogP contribution < -0.4 is 15.1 Å². The summed E-state index contributed by atoms with van der Waals surface area (Å²) in [4.78, 5) is 15.8. The van der Waals surface area contributed by atoms with Crippen molar-refractivity contribution in [1.29, 1.82) is 0 Å². The summed E-state index contributed by atoms with van der Waals surface area (Å²) in [7, 11) is 0. The highest BCUT2D eigenvalue weighted by Gasteiger charge is 2.20. The number of hydrogen-bond donors (Lipinski definition) is 2. The Kier molecular flexibility index (Phi) is 8.15. The van der Waals surface area contributed by atoms with Crippen molar-refractivity contribution in [2.75, 3.05) is 5.75 Å². The van der Waals surface area contributed by atoms with Crippen LogP contribution in [0.4, 0.5) is 0 Å². The topological polar surface area (TPSA) is 84.2 Å². The fraction of sp³-hybridized carbons (Fsp3) is 0.0870. The number of fused-ring (bicyclic) bond motifs is 1. The van der Waals surface area contributed by atoms with Crippen LogP contribution in [0.2, 0.25) is 5.02 Å². The van der Waals surface area contributed by atoms with Crippen molar-refractivity contribution in [1.82, 2.24) is 10.4 Å². The van der Waals surface area contributed by atoms with E-state index in [1.165, 1.54) is 18.0 Å². The molecule has 0 fully saturated rings. The van der Waals surface area contributed by atoms with E-state index in [0.717, 1.165) is 25.3 Å². The molecule has 0 saturated heterocycles. The monoisotopic (exact) mass is 702 g/mol. The van der Waals surface area contributed by atoms with E-state index in [1.807, 2.05) is 71.1 Å². The zero-order valence-electron chi connectivity index (χ0n) is 17.0. The summed E-state index contributed by atoms with van der Waals surface area (Å²) in [6.07, 6.45) is 1.39. The molecule has 0 aliphatic rings. The van der Waals surface area contributed by atoms with Crippen molar-refractivity contribution in [3.63, 3.8) is 0 Å². The lowest BCUT2D eigenvalue weighted by molar-refractivity contribution is -0.700. The van der Waals surface area contributed by atoms with Gasteiger partial charge >= 0.3 is 5.16 Å². The molecule has 0 atom stereocenters. The predicted octanol–water partition coefficient (Wildman–Crippen LogP) is 4.68. The first-order chi connectivity index (χ1) is 15.9. The number of aromatic nitrogens is 2. The van der Waals surface area contributed by atoms with Crippen molar-refractivity contribution >= 4 is 91.7 Å². The van der Waals surface area contributed by atoms with Crippen LogP contribution in [0.3, 0.4) is 0 Å². The van der Waals surface area contributed by atoms with E-state index < -0.39 is 0 Å². The number of benzene rings is 3. The molecule has 1 amide bonds. The number of rotatable bonds is 7. The Morgan fingerprint density at radius 2 is 1.94 bits per heavy atom. The molecule has 0 bridgehead atoms. The fourth-order valence-corrected chi connectivity index (χ4v) is 6.02. The second kappa shape index (κ2) is 11.1. The average Bonchev–Trinajstić information content (AvgIpc) is 3.14. The molecule has 0 aliphatic heterocycles. The van der Waals surface area contributed by atoms with Crippen molar-refractivity contribution in [2.24, 2.45) is 5.10 Å². The Bertz CT molecular complexity index is 1340. The van der Waals surface area contributed by atoms with Gasteiger partial charge in [0, 0.05) is 12.2 Å². The Morgan fingerprint density at radius 3 is 2.73 bits per heavy atom. The van der Waals surface area contributed by atoms with Gasteiger partial charge < -0.3 is 5.11 Å². The molecule has 0 unspecified atom stereocenters. The molecule has 2 N–H and O–H groups in total. The highest BCUT2D eigenvalue weighted by Crippen LogP contribution is 2.23. The van der Waals surface area contributed by atoms with Crippen molar-refractivity contribution in [3.8, 4) is 5.75 Å². The lowest BCUT2D eigenvalue weighted by Crippen LogP contribution is -2.36. The van der Waals surface area contributed by atoms with Crippen LogP contribution in [-0.2, 0) is 11.3 Å². The van der Waals surface area contributed by atoms with Crippen LogP contribution in [-0.4, -0.2) is 22.9 Å². The predicted molar refractivity (Wildman–Crippen MR) is 147 cm³/mol. The molecule has 4 aromatic rings. The normalized spacial score (nSPS) is 11.4. The van der Waals surface area contributed by atoms with Crippen LogP contribution >= 0.6 is 68.5 Å².